The number of hydrogen-bond acceptors (Lipinski definition) is 3. The number of carbonyl (C=O) groups is 2. The molecule has 0 unspecified atom stereocenters. The molecule has 0 amide bonds. The maximum Gasteiger partial charge on any atom is 2.00 e. The van der Waals surface area contributed by atoms with Crippen LogP contribution >= 0.6 is 0 Å². The van der Waals surface area contributed by atoms with Crippen LogP contribution in [0, 0.1) is 0 Å². The summed E-state index contributed by atoms with van der Waals surface area (Å²) in [7, 11) is 0. The van der Waals surface area contributed by atoms with Crippen LogP contribution in [0.15, 0.2) is 24.0 Å². The fourth-order valence-corrected chi connectivity index (χ4v) is 2.60. The Labute approximate surface area is 184 Å². The molecule has 0 atom stereocenters. The second kappa shape index (κ2) is 21.5. The summed E-state index contributed by atoms with van der Waals surface area (Å²) in [4.78, 5) is 22.0. The van der Waals surface area contributed by atoms with Crippen molar-refractivity contribution in [3.05, 3.63) is 24.0 Å². The van der Waals surface area contributed by atoms with Gasteiger partial charge in [-0.1, -0.05) is 70.4 Å². The van der Waals surface area contributed by atoms with Crippen molar-refractivity contribution < 1.29 is 22.3 Å². The molecule has 5 heteroatoms. The van der Waals surface area contributed by atoms with E-state index in [-0.39, 0.29) is 37.4 Å². The Morgan fingerprint density at radius 3 is 1.85 bits per heavy atom. The number of carbonyl (C=O) groups excluding carboxylic acids is 1. The minimum Gasteiger partial charge on any atom is -1.00 e. The van der Waals surface area contributed by atoms with Gasteiger partial charge in [-0.25, -0.2) is 4.79 Å². The van der Waals surface area contributed by atoms with Crippen molar-refractivity contribution in [3.8, 4) is 0 Å². The number of carboxylic acids is 1. The van der Waals surface area contributed by atoms with E-state index in [1.807, 2.05) is 0 Å². The average molecular weight is 393 g/mol. The average Bonchev–Trinajstić information content (AvgIpc) is 2.62. The maximum absolute atomic E-state index is 11.4. The molecule has 0 saturated carbocycles. The van der Waals surface area contributed by atoms with E-state index in [1.54, 1.807) is 0 Å². The Hall–Kier alpha value is -0.814. The van der Waals surface area contributed by atoms with Crippen LogP contribution < -0.4 is 0 Å². The predicted molar refractivity (Wildman–Crippen MR) is 115 cm³/mol. The van der Waals surface area contributed by atoms with Gasteiger partial charge in [-0.3, -0.25) is 4.79 Å². The summed E-state index contributed by atoms with van der Waals surface area (Å²) >= 11 is 0. The molecular formula is C22H40MgO4. The molecule has 4 nitrogen and oxygen atoms in total. The fourth-order valence-electron chi connectivity index (χ4n) is 2.60. The molecule has 0 spiro atoms. The van der Waals surface area contributed by atoms with E-state index in [2.05, 4.69) is 19.1 Å². The first-order chi connectivity index (χ1) is 12.6. The second-order valence-corrected chi connectivity index (χ2v) is 6.93. The summed E-state index contributed by atoms with van der Waals surface area (Å²) in [5.41, 5.74) is 0.0305. The fraction of sp³-hybridized carbons (Fsp3) is 0.727. The van der Waals surface area contributed by atoms with Crippen LogP contribution in [-0.4, -0.2) is 40.1 Å². The monoisotopic (exact) mass is 392 g/mol. The zero-order valence-electron chi connectivity index (χ0n) is 19.5. The Balaban J connectivity index is -0.00000104. The first-order valence-corrected chi connectivity index (χ1v) is 10.3. The van der Waals surface area contributed by atoms with Crippen LogP contribution in [0.3, 0.4) is 0 Å². The van der Waals surface area contributed by atoms with Crippen LogP contribution in [0.2, 0.25) is 0 Å². The molecule has 0 aliphatic rings. The number of rotatable bonds is 17. The van der Waals surface area contributed by atoms with Gasteiger partial charge in [0.1, 0.15) is 6.26 Å². The van der Waals surface area contributed by atoms with E-state index in [0.29, 0.717) is 6.42 Å². The van der Waals surface area contributed by atoms with Crippen LogP contribution in [0.25, 0.3) is 0 Å². The molecule has 0 bridgehead atoms. The zero-order valence-corrected chi connectivity index (χ0v) is 18.9. The Kier molecular flexibility index (Phi) is 22.6. The molecule has 1 N–H and O–H groups in total. The number of unbranched alkanes of at least 4 members (excludes halogenated alkanes) is 11. The van der Waals surface area contributed by atoms with Gasteiger partial charge in [-0.2, -0.15) is 0 Å². The smallest absolute Gasteiger partial charge is 1.00 e. The summed E-state index contributed by atoms with van der Waals surface area (Å²) < 4.78 is 4.79. The van der Waals surface area contributed by atoms with E-state index in [4.69, 9.17) is 9.84 Å². The van der Waals surface area contributed by atoms with E-state index in [1.165, 1.54) is 64.7 Å². The van der Waals surface area contributed by atoms with Crippen molar-refractivity contribution in [2.24, 2.45) is 0 Å². The summed E-state index contributed by atoms with van der Waals surface area (Å²) in [5.74, 6) is -1.43. The van der Waals surface area contributed by atoms with Gasteiger partial charge in [0.2, 0.25) is 0 Å². The van der Waals surface area contributed by atoms with E-state index in [9.17, 15) is 9.59 Å². The van der Waals surface area contributed by atoms with Crippen molar-refractivity contribution >= 4 is 35.0 Å². The standard InChI is InChI=1S/C22H38O4.Mg.2H/c1-3-4-5-6-7-8-9-10-11-12-13-14-15-16-17-18-21(23)26-19-20(2)22(24)25;;;/h10-11,19H,3-9,12-18H2,1-2H3,(H,24,25);;;/q;+2;2*-1/b11-10-,20-19?;;;. The molecule has 0 saturated heterocycles. The minimum absolute atomic E-state index is 0. The summed E-state index contributed by atoms with van der Waals surface area (Å²) in [6.07, 6.45) is 21.8. The third-order valence-electron chi connectivity index (χ3n) is 4.35. The predicted octanol–water partition coefficient (Wildman–Crippen LogP) is 6.40. The molecular weight excluding hydrogens is 353 g/mol. The molecule has 0 heterocycles. The number of carboxylic acid groups (broad SMARTS) is 1. The second-order valence-electron chi connectivity index (χ2n) is 6.93. The van der Waals surface area contributed by atoms with Gasteiger partial charge >= 0.3 is 35.0 Å². The quantitative estimate of drug-likeness (QED) is 0.0776. The molecule has 154 valence electrons. The summed E-state index contributed by atoms with van der Waals surface area (Å²) in [6, 6.07) is 0. The third kappa shape index (κ3) is 21.3. The van der Waals surface area contributed by atoms with Crippen LogP contribution in [0.4, 0.5) is 0 Å². The maximum atomic E-state index is 11.4. The van der Waals surface area contributed by atoms with Gasteiger partial charge < -0.3 is 12.7 Å². The number of esters is 1. The van der Waals surface area contributed by atoms with Crippen molar-refractivity contribution in [1.82, 2.24) is 0 Å². The summed E-state index contributed by atoms with van der Waals surface area (Å²) in [6.45, 7) is 3.65. The number of hydrogen-bond donors (Lipinski definition) is 1. The molecule has 0 aromatic rings. The molecule has 0 aromatic carbocycles. The largest absolute Gasteiger partial charge is 2.00 e. The Bertz CT molecular complexity index is 441. The van der Waals surface area contributed by atoms with E-state index < -0.39 is 5.97 Å². The van der Waals surface area contributed by atoms with Crippen molar-refractivity contribution in [2.75, 3.05) is 0 Å². The van der Waals surface area contributed by atoms with Gasteiger partial charge in [-0.05, 0) is 39.0 Å². The van der Waals surface area contributed by atoms with Crippen molar-refractivity contribution in [2.45, 2.75) is 104 Å². The van der Waals surface area contributed by atoms with E-state index >= 15 is 0 Å². The Morgan fingerprint density at radius 2 is 1.33 bits per heavy atom. The van der Waals surface area contributed by atoms with Crippen LogP contribution in [-0.2, 0) is 14.3 Å². The van der Waals surface area contributed by atoms with Gasteiger partial charge in [-0.15, -0.1) is 0 Å². The van der Waals surface area contributed by atoms with Crippen LogP contribution in [0.1, 0.15) is 107 Å². The first kappa shape index (κ1) is 28.4. The van der Waals surface area contributed by atoms with Gasteiger partial charge in [0.15, 0.2) is 0 Å². The molecule has 0 aliphatic heterocycles. The minimum atomic E-state index is -1.07. The van der Waals surface area contributed by atoms with Crippen LogP contribution in [0.5, 0.6) is 0 Å². The normalized spacial score (nSPS) is 11.4. The SMILES string of the molecule is CCCCCCCC/C=C\CCCCCCCC(=O)OC=C(C)C(=O)O.[H-].[H-].[Mg+2]. The van der Waals surface area contributed by atoms with Crippen molar-refractivity contribution in [1.29, 1.82) is 0 Å². The third-order valence-corrected chi connectivity index (χ3v) is 4.35. The van der Waals surface area contributed by atoms with E-state index in [0.717, 1.165) is 31.9 Å². The molecule has 0 fully saturated rings. The van der Waals surface area contributed by atoms with Crippen molar-refractivity contribution in [3.63, 3.8) is 0 Å². The molecule has 0 aromatic heterocycles. The number of allylic oxidation sites excluding steroid dienone is 2. The summed E-state index contributed by atoms with van der Waals surface area (Å²) in [5, 5.41) is 8.65. The van der Waals surface area contributed by atoms with Gasteiger partial charge in [0.05, 0.1) is 5.57 Å². The molecule has 0 rings (SSSR count). The Morgan fingerprint density at radius 1 is 0.852 bits per heavy atom. The number of ether oxygens (including phenoxy) is 1. The molecule has 27 heavy (non-hydrogen) atoms. The molecule has 0 aliphatic carbocycles. The number of aliphatic carboxylic acids is 1. The zero-order chi connectivity index (χ0) is 19.5. The first-order valence-electron chi connectivity index (χ1n) is 10.3. The molecule has 0 radical (unpaired) electrons. The van der Waals surface area contributed by atoms with Gasteiger partial charge in [0, 0.05) is 6.42 Å². The van der Waals surface area contributed by atoms with Gasteiger partial charge in [0.25, 0.3) is 0 Å². The topological polar surface area (TPSA) is 63.6 Å².